The Morgan fingerprint density at radius 3 is 2.40 bits per heavy atom. The molecule has 1 unspecified atom stereocenters. The maximum absolute atomic E-state index is 12.5. The van der Waals surface area contributed by atoms with Crippen molar-refractivity contribution in [3.8, 4) is 0 Å². The first-order valence-corrected chi connectivity index (χ1v) is 9.99. The number of carbonyl (C=O) groups excluding carboxylic acids is 1. The summed E-state index contributed by atoms with van der Waals surface area (Å²) in [6, 6.07) is 10.3. The van der Waals surface area contributed by atoms with Gasteiger partial charge in [-0.25, -0.2) is 8.42 Å². The summed E-state index contributed by atoms with van der Waals surface area (Å²) in [4.78, 5) is 12.5. The van der Waals surface area contributed by atoms with Crippen LogP contribution in [0.15, 0.2) is 36.4 Å². The smallest absolute Gasteiger partial charge is 0.253 e. The number of anilines is 1. The fourth-order valence-electron chi connectivity index (χ4n) is 2.56. The summed E-state index contributed by atoms with van der Waals surface area (Å²) in [5, 5.41) is 3.11. The Labute approximate surface area is 153 Å². The first-order chi connectivity index (χ1) is 11.6. The zero-order valence-electron chi connectivity index (χ0n) is 14.6. The van der Waals surface area contributed by atoms with Crippen molar-refractivity contribution in [1.82, 2.24) is 5.32 Å². The van der Waals surface area contributed by atoms with Crippen LogP contribution in [0, 0.1) is 13.8 Å². The first kappa shape index (κ1) is 19.3. The predicted octanol–water partition coefficient (Wildman–Crippen LogP) is 3.82. The Hall–Kier alpha value is -2.05. The molecule has 2 rings (SSSR count). The van der Waals surface area contributed by atoms with Gasteiger partial charge in [-0.3, -0.25) is 9.52 Å². The van der Waals surface area contributed by atoms with E-state index >= 15 is 0 Å². The van der Waals surface area contributed by atoms with Crippen LogP contribution in [0.4, 0.5) is 5.69 Å². The molecule has 0 spiro atoms. The highest BCUT2D eigenvalue weighted by molar-refractivity contribution is 7.92. The fraction of sp³-hybridized carbons (Fsp3) is 0.278. The molecule has 2 aromatic carbocycles. The van der Waals surface area contributed by atoms with Gasteiger partial charge in [0.1, 0.15) is 0 Å². The van der Waals surface area contributed by atoms with Crippen molar-refractivity contribution in [2.45, 2.75) is 26.8 Å². The second kappa shape index (κ2) is 7.45. The third-order valence-corrected chi connectivity index (χ3v) is 4.69. The van der Waals surface area contributed by atoms with E-state index in [0.717, 1.165) is 22.9 Å². The molecule has 0 fully saturated rings. The number of halogens is 1. The van der Waals surface area contributed by atoms with E-state index in [9.17, 15) is 13.2 Å². The average Bonchev–Trinajstić information content (AvgIpc) is 2.47. The minimum Gasteiger partial charge on any atom is -0.345 e. The molecule has 5 nitrogen and oxygen atoms in total. The number of sulfonamides is 1. The molecule has 0 saturated carbocycles. The highest BCUT2D eigenvalue weighted by atomic mass is 35.5. The van der Waals surface area contributed by atoms with Gasteiger partial charge in [0.05, 0.1) is 22.9 Å². The first-order valence-electron chi connectivity index (χ1n) is 7.72. The molecule has 1 atom stereocenters. The topological polar surface area (TPSA) is 75.3 Å². The van der Waals surface area contributed by atoms with Crippen LogP contribution in [0.25, 0.3) is 0 Å². The van der Waals surface area contributed by atoms with E-state index in [1.807, 2.05) is 39.0 Å². The summed E-state index contributed by atoms with van der Waals surface area (Å²) >= 11 is 6.14. The van der Waals surface area contributed by atoms with Gasteiger partial charge in [0, 0.05) is 5.69 Å². The Bertz CT molecular complexity index is 911. The van der Waals surface area contributed by atoms with Crippen LogP contribution in [0.3, 0.4) is 0 Å². The van der Waals surface area contributed by atoms with Crippen molar-refractivity contribution in [2.75, 3.05) is 11.0 Å². The Balaban J connectivity index is 2.19. The minimum atomic E-state index is -3.40. The van der Waals surface area contributed by atoms with Crippen LogP contribution in [0.2, 0.25) is 5.02 Å². The molecule has 0 saturated heterocycles. The van der Waals surface area contributed by atoms with Crippen molar-refractivity contribution in [3.05, 3.63) is 63.7 Å². The molecule has 0 aliphatic rings. The Morgan fingerprint density at radius 2 is 1.80 bits per heavy atom. The van der Waals surface area contributed by atoms with Crippen molar-refractivity contribution in [1.29, 1.82) is 0 Å². The quantitative estimate of drug-likeness (QED) is 0.827. The van der Waals surface area contributed by atoms with Gasteiger partial charge in [-0.1, -0.05) is 35.4 Å². The van der Waals surface area contributed by atoms with Gasteiger partial charge in [0.15, 0.2) is 0 Å². The molecule has 0 heterocycles. The molecule has 134 valence electrons. The van der Waals surface area contributed by atoms with E-state index in [0.29, 0.717) is 5.69 Å². The maximum Gasteiger partial charge on any atom is 0.253 e. The number of aryl methyl sites for hydroxylation is 2. The molecule has 0 aliphatic heterocycles. The number of hydrogen-bond donors (Lipinski definition) is 2. The van der Waals surface area contributed by atoms with E-state index in [-0.39, 0.29) is 22.5 Å². The van der Waals surface area contributed by atoms with Gasteiger partial charge in [-0.05, 0) is 50.1 Å². The maximum atomic E-state index is 12.5. The second-order valence-electron chi connectivity index (χ2n) is 6.12. The highest BCUT2D eigenvalue weighted by Gasteiger charge is 2.16. The van der Waals surface area contributed by atoms with Crippen LogP contribution in [-0.2, 0) is 10.0 Å². The average molecular weight is 381 g/mol. The molecule has 0 aliphatic carbocycles. The number of carbonyl (C=O) groups is 1. The minimum absolute atomic E-state index is 0.180. The molecule has 7 heteroatoms. The molecule has 2 N–H and O–H groups in total. The molecule has 0 bridgehead atoms. The van der Waals surface area contributed by atoms with Crippen molar-refractivity contribution < 1.29 is 13.2 Å². The SMILES string of the molecule is Cc1ccc(C)c(C(C)NC(=O)c2ccc(NS(C)(=O)=O)cc2Cl)c1. The lowest BCUT2D eigenvalue weighted by atomic mass is 9.99. The Morgan fingerprint density at radius 1 is 1.12 bits per heavy atom. The van der Waals surface area contributed by atoms with E-state index < -0.39 is 10.0 Å². The molecule has 0 radical (unpaired) electrons. The lowest BCUT2D eigenvalue weighted by Crippen LogP contribution is -2.27. The van der Waals surface area contributed by atoms with Gasteiger partial charge < -0.3 is 5.32 Å². The standard InChI is InChI=1S/C18H21ClN2O3S/c1-11-5-6-12(2)16(9-11)13(3)20-18(22)15-8-7-14(10-17(15)19)21-25(4,23)24/h5-10,13,21H,1-4H3,(H,20,22). The predicted molar refractivity (Wildman–Crippen MR) is 102 cm³/mol. The molecule has 0 aromatic heterocycles. The number of amides is 1. The zero-order valence-corrected chi connectivity index (χ0v) is 16.1. The van der Waals surface area contributed by atoms with Crippen LogP contribution >= 0.6 is 11.6 Å². The van der Waals surface area contributed by atoms with Gasteiger partial charge in [0.2, 0.25) is 10.0 Å². The molecule has 25 heavy (non-hydrogen) atoms. The zero-order chi connectivity index (χ0) is 18.8. The van der Waals surface area contributed by atoms with E-state index in [1.165, 1.54) is 18.2 Å². The van der Waals surface area contributed by atoms with Crippen molar-refractivity contribution in [2.24, 2.45) is 0 Å². The van der Waals surface area contributed by atoms with Crippen molar-refractivity contribution >= 4 is 33.2 Å². The van der Waals surface area contributed by atoms with E-state index in [4.69, 9.17) is 11.6 Å². The Kier molecular flexibility index (Phi) is 5.75. The van der Waals surface area contributed by atoms with Crippen molar-refractivity contribution in [3.63, 3.8) is 0 Å². The normalized spacial score (nSPS) is 12.5. The van der Waals surface area contributed by atoms with E-state index in [1.54, 1.807) is 0 Å². The van der Waals surface area contributed by atoms with Gasteiger partial charge in [0.25, 0.3) is 5.91 Å². The molecule has 2 aromatic rings. The fourth-order valence-corrected chi connectivity index (χ4v) is 3.38. The molecular weight excluding hydrogens is 360 g/mol. The number of benzene rings is 2. The lowest BCUT2D eigenvalue weighted by Gasteiger charge is -2.18. The summed E-state index contributed by atoms with van der Waals surface area (Å²) in [7, 11) is -3.40. The number of rotatable bonds is 5. The van der Waals surface area contributed by atoms with Crippen LogP contribution < -0.4 is 10.0 Å². The highest BCUT2D eigenvalue weighted by Crippen LogP contribution is 2.24. The number of hydrogen-bond acceptors (Lipinski definition) is 3. The monoisotopic (exact) mass is 380 g/mol. The largest absolute Gasteiger partial charge is 0.345 e. The lowest BCUT2D eigenvalue weighted by molar-refractivity contribution is 0.0940. The third-order valence-electron chi connectivity index (χ3n) is 3.77. The summed E-state index contributed by atoms with van der Waals surface area (Å²) in [5.41, 5.74) is 3.86. The summed E-state index contributed by atoms with van der Waals surface area (Å²) in [6.07, 6.45) is 1.05. The van der Waals surface area contributed by atoms with Gasteiger partial charge in [-0.15, -0.1) is 0 Å². The number of nitrogens with one attached hydrogen (secondary N) is 2. The van der Waals surface area contributed by atoms with E-state index in [2.05, 4.69) is 10.0 Å². The van der Waals surface area contributed by atoms with Crippen LogP contribution in [-0.4, -0.2) is 20.6 Å². The van der Waals surface area contributed by atoms with Crippen LogP contribution in [0.1, 0.15) is 40.0 Å². The van der Waals surface area contributed by atoms with Gasteiger partial charge >= 0.3 is 0 Å². The van der Waals surface area contributed by atoms with Crippen LogP contribution in [0.5, 0.6) is 0 Å². The third kappa shape index (κ3) is 5.21. The van der Waals surface area contributed by atoms with Gasteiger partial charge in [-0.2, -0.15) is 0 Å². The summed E-state index contributed by atoms with van der Waals surface area (Å²) in [6.45, 7) is 5.91. The summed E-state index contributed by atoms with van der Waals surface area (Å²) < 4.78 is 24.8. The molecule has 1 amide bonds. The molecular formula is C18H21ClN2O3S. The second-order valence-corrected chi connectivity index (χ2v) is 8.28. The summed E-state index contributed by atoms with van der Waals surface area (Å²) in [5.74, 6) is -0.315.